The average molecular weight is 278 g/mol. The van der Waals surface area contributed by atoms with Crippen LogP contribution < -0.4 is 0 Å². The first kappa shape index (κ1) is 14.3. The Balaban J connectivity index is 1.99. The van der Waals surface area contributed by atoms with Crippen molar-refractivity contribution in [1.82, 2.24) is 10.1 Å². The summed E-state index contributed by atoms with van der Waals surface area (Å²) < 4.78 is 10.5. The number of carboxylic acids is 1. The van der Waals surface area contributed by atoms with E-state index in [9.17, 15) is 4.79 Å². The van der Waals surface area contributed by atoms with E-state index in [1.807, 2.05) is 17.9 Å². The van der Waals surface area contributed by atoms with Gasteiger partial charge in [0.2, 0.25) is 5.76 Å². The van der Waals surface area contributed by atoms with Crippen molar-refractivity contribution >= 4 is 5.97 Å². The fourth-order valence-corrected chi connectivity index (χ4v) is 1.92. The van der Waals surface area contributed by atoms with E-state index in [1.54, 1.807) is 25.3 Å². The first-order valence-electron chi connectivity index (χ1n) is 6.54. The summed E-state index contributed by atoms with van der Waals surface area (Å²) in [5.41, 5.74) is 0.760. The lowest BCUT2D eigenvalue weighted by Gasteiger charge is -2.20. The summed E-state index contributed by atoms with van der Waals surface area (Å²) in [7, 11) is 0. The first-order valence-corrected chi connectivity index (χ1v) is 6.54. The molecule has 0 aliphatic carbocycles. The van der Waals surface area contributed by atoms with E-state index in [1.165, 1.54) is 0 Å². The van der Waals surface area contributed by atoms with Crippen LogP contribution in [0, 0.1) is 5.92 Å². The summed E-state index contributed by atoms with van der Waals surface area (Å²) in [6.07, 6.45) is 1.57. The Morgan fingerprint density at radius 2 is 2.30 bits per heavy atom. The van der Waals surface area contributed by atoms with Crippen LogP contribution >= 0.6 is 0 Å². The quantitative estimate of drug-likeness (QED) is 0.838. The van der Waals surface area contributed by atoms with E-state index < -0.39 is 11.9 Å². The fraction of sp³-hybridized carbons (Fsp3) is 0.429. The molecule has 0 aliphatic rings. The largest absolute Gasteiger partial charge is 0.481 e. The smallest absolute Gasteiger partial charge is 0.307 e. The zero-order valence-electron chi connectivity index (χ0n) is 11.6. The van der Waals surface area contributed by atoms with Crippen LogP contribution in [0.3, 0.4) is 0 Å². The number of nitrogens with zero attached hydrogens (tertiary/aromatic N) is 2. The van der Waals surface area contributed by atoms with E-state index in [4.69, 9.17) is 14.0 Å². The van der Waals surface area contributed by atoms with Crippen molar-refractivity contribution < 1.29 is 18.8 Å². The Hall–Kier alpha value is -2.08. The van der Waals surface area contributed by atoms with Gasteiger partial charge in [-0.15, -0.1) is 0 Å². The van der Waals surface area contributed by atoms with Crippen LogP contribution in [0.4, 0.5) is 0 Å². The van der Waals surface area contributed by atoms with Crippen molar-refractivity contribution in [3.05, 3.63) is 30.2 Å². The Bertz CT molecular complexity index is 547. The van der Waals surface area contributed by atoms with E-state index >= 15 is 0 Å². The van der Waals surface area contributed by atoms with Crippen molar-refractivity contribution in [2.75, 3.05) is 13.1 Å². The van der Waals surface area contributed by atoms with Gasteiger partial charge in [0, 0.05) is 19.2 Å². The van der Waals surface area contributed by atoms with Crippen LogP contribution in [-0.4, -0.2) is 34.2 Å². The highest BCUT2D eigenvalue weighted by Crippen LogP contribution is 2.21. The number of aromatic nitrogens is 1. The first-order chi connectivity index (χ1) is 9.60. The van der Waals surface area contributed by atoms with Crippen molar-refractivity contribution in [2.45, 2.75) is 20.4 Å². The van der Waals surface area contributed by atoms with Gasteiger partial charge < -0.3 is 14.0 Å². The standard InChI is InChI=1S/C14H18N2O4/c1-3-16(8-10(2)14(17)18)9-11-7-13(20-15-11)12-5-4-6-19-12/h4-7,10H,3,8-9H2,1-2H3,(H,17,18). The molecule has 2 heterocycles. The molecule has 0 bridgehead atoms. The van der Waals surface area contributed by atoms with Crippen LogP contribution in [-0.2, 0) is 11.3 Å². The second-order valence-corrected chi connectivity index (χ2v) is 4.73. The van der Waals surface area contributed by atoms with Crippen molar-refractivity contribution in [3.63, 3.8) is 0 Å². The SMILES string of the molecule is CCN(Cc1cc(-c2ccco2)on1)CC(C)C(=O)O. The zero-order chi connectivity index (χ0) is 14.5. The lowest BCUT2D eigenvalue weighted by atomic mass is 10.1. The predicted octanol–water partition coefficient (Wildman–Crippen LogP) is 2.48. The molecule has 1 unspecified atom stereocenters. The lowest BCUT2D eigenvalue weighted by Crippen LogP contribution is -2.31. The molecular weight excluding hydrogens is 260 g/mol. The molecule has 108 valence electrons. The van der Waals surface area contributed by atoms with Gasteiger partial charge in [0.05, 0.1) is 17.9 Å². The van der Waals surface area contributed by atoms with Gasteiger partial charge in [-0.3, -0.25) is 9.69 Å². The molecule has 0 saturated heterocycles. The van der Waals surface area contributed by atoms with E-state index in [-0.39, 0.29) is 0 Å². The third-order valence-corrected chi connectivity index (χ3v) is 3.11. The molecule has 0 radical (unpaired) electrons. The van der Waals surface area contributed by atoms with Gasteiger partial charge in [-0.2, -0.15) is 0 Å². The molecule has 0 fully saturated rings. The fourth-order valence-electron chi connectivity index (χ4n) is 1.92. The zero-order valence-corrected chi connectivity index (χ0v) is 11.6. The average Bonchev–Trinajstić information content (AvgIpc) is 3.08. The molecule has 6 nitrogen and oxygen atoms in total. The number of aliphatic carboxylic acids is 1. The molecule has 1 atom stereocenters. The van der Waals surface area contributed by atoms with Crippen LogP contribution in [0.5, 0.6) is 0 Å². The highest BCUT2D eigenvalue weighted by molar-refractivity contribution is 5.69. The van der Waals surface area contributed by atoms with Gasteiger partial charge in [-0.1, -0.05) is 19.0 Å². The Morgan fingerprint density at radius 3 is 2.90 bits per heavy atom. The lowest BCUT2D eigenvalue weighted by molar-refractivity contribution is -0.141. The summed E-state index contributed by atoms with van der Waals surface area (Å²) in [5.74, 6) is 0.00399. The molecule has 0 saturated carbocycles. The predicted molar refractivity (Wildman–Crippen MR) is 72.0 cm³/mol. The molecule has 2 aromatic rings. The third-order valence-electron chi connectivity index (χ3n) is 3.11. The molecule has 2 aromatic heterocycles. The molecule has 20 heavy (non-hydrogen) atoms. The number of hydrogen-bond donors (Lipinski definition) is 1. The topological polar surface area (TPSA) is 79.7 Å². The van der Waals surface area contributed by atoms with Crippen LogP contribution in [0.15, 0.2) is 33.4 Å². The molecule has 0 spiro atoms. The third kappa shape index (κ3) is 3.48. The number of carbonyl (C=O) groups is 1. The Kier molecular flexibility index (Phi) is 4.57. The normalized spacial score (nSPS) is 12.8. The molecule has 0 aromatic carbocycles. The highest BCUT2D eigenvalue weighted by atomic mass is 16.5. The van der Waals surface area contributed by atoms with Gasteiger partial charge >= 0.3 is 5.97 Å². The summed E-state index contributed by atoms with van der Waals surface area (Å²) >= 11 is 0. The molecule has 0 aliphatic heterocycles. The number of furan rings is 1. The summed E-state index contributed by atoms with van der Waals surface area (Å²) in [6, 6.07) is 5.39. The summed E-state index contributed by atoms with van der Waals surface area (Å²) in [6.45, 7) is 5.47. The van der Waals surface area contributed by atoms with Gasteiger partial charge in [-0.25, -0.2) is 0 Å². The van der Waals surface area contributed by atoms with Crippen molar-refractivity contribution in [2.24, 2.45) is 5.92 Å². The summed E-state index contributed by atoms with van der Waals surface area (Å²) in [4.78, 5) is 12.9. The van der Waals surface area contributed by atoms with Gasteiger partial charge in [0.1, 0.15) is 0 Å². The molecular formula is C14H18N2O4. The van der Waals surface area contributed by atoms with E-state index in [2.05, 4.69) is 5.16 Å². The monoisotopic (exact) mass is 278 g/mol. The highest BCUT2D eigenvalue weighted by Gasteiger charge is 2.17. The van der Waals surface area contributed by atoms with Gasteiger partial charge in [-0.05, 0) is 18.7 Å². The maximum Gasteiger partial charge on any atom is 0.307 e. The van der Waals surface area contributed by atoms with Crippen LogP contribution in [0.1, 0.15) is 19.5 Å². The molecule has 6 heteroatoms. The van der Waals surface area contributed by atoms with Crippen LogP contribution in [0.2, 0.25) is 0 Å². The second kappa shape index (κ2) is 6.38. The second-order valence-electron chi connectivity index (χ2n) is 4.73. The maximum absolute atomic E-state index is 10.9. The summed E-state index contributed by atoms with van der Waals surface area (Å²) in [5, 5.41) is 12.9. The minimum absolute atomic E-state index is 0.411. The van der Waals surface area contributed by atoms with Crippen molar-refractivity contribution in [3.8, 4) is 11.5 Å². The maximum atomic E-state index is 10.9. The van der Waals surface area contributed by atoms with E-state index in [0.29, 0.717) is 24.6 Å². The molecule has 0 amide bonds. The van der Waals surface area contributed by atoms with Gasteiger partial charge in [0.15, 0.2) is 5.76 Å². The minimum atomic E-state index is -0.792. The number of hydrogen-bond acceptors (Lipinski definition) is 5. The Morgan fingerprint density at radius 1 is 1.50 bits per heavy atom. The van der Waals surface area contributed by atoms with E-state index in [0.717, 1.165) is 12.2 Å². The molecule has 1 N–H and O–H groups in total. The minimum Gasteiger partial charge on any atom is -0.481 e. The number of carboxylic acid groups (broad SMARTS) is 1. The van der Waals surface area contributed by atoms with Crippen molar-refractivity contribution in [1.29, 1.82) is 0 Å². The molecule has 2 rings (SSSR count). The Labute approximate surface area is 117 Å². The van der Waals surface area contributed by atoms with Gasteiger partial charge in [0.25, 0.3) is 0 Å². The number of rotatable bonds is 7. The van der Waals surface area contributed by atoms with Crippen LogP contribution in [0.25, 0.3) is 11.5 Å².